The Hall–Kier alpha value is -2.88. The molecule has 1 heterocycles. The van der Waals surface area contributed by atoms with Crippen LogP contribution in [0.5, 0.6) is 0 Å². The Balaban J connectivity index is 1.88. The largest absolute Gasteiger partial charge is 0.355 e. The third-order valence-electron chi connectivity index (χ3n) is 4.05. The summed E-state index contributed by atoms with van der Waals surface area (Å²) in [5.74, 6) is 0.325. The number of carbonyl (C=O) groups excluding carboxylic acids is 1. The Morgan fingerprint density at radius 2 is 1.71 bits per heavy atom. The van der Waals surface area contributed by atoms with E-state index in [2.05, 4.69) is 10.5 Å². The van der Waals surface area contributed by atoms with Crippen molar-refractivity contribution in [3.8, 4) is 11.3 Å². The first-order valence-electron chi connectivity index (χ1n) is 7.95. The second-order valence-corrected chi connectivity index (χ2v) is 5.94. The molecule has 1 aromatic heterocycles. The number of amides is 1. The Morgan fingerprint density at radius 1 is 1.04 bits per heavy atom. The first-order valence-corrected chi connectivity index (χ1v) is 7.95. The van der Waals surface area contributed by atoms with Crippen molar-refractivity contribution in [2.75, 3.05) is 0 Å². The van der Waals surface area contributed by atoms with Gasteiger partial charge in [0.1, 0.15) is 5.56 Å². The third kappa shape index (κ3) is 3.23. The number of aryl methyl sites for hydroxylation is 2. The molecular formula is C20H20N2O2. The molecule has 0 saturated heterocycles. The van der Waals surface area contributed by atoms with Crippen molar-refractivity contribution in [2.24, 2.45) is 0 Å². The highest BCUT2D eigenvalue weighted by Crippen LogP contribution is 2.27. The van der Waals surface area contributed by atoms with Gasteiger partial charge >= 0.3 is 0 Å². The van der Waals surface area contributed by atoms with E-state index in [1.165, 1.54) is 0 Å². The van der Waals surface area contributed by atoms with Crippen LogP contribution in [0.2, 0.25) is 0 Å². The van der Waals surface area contributed by atoms with Crippen molar-refractivity contribution >= 4 is 5.91 Å². The standard InChI is InChI=1S/C20H20N2O2/c1-13-9-11-17(12-10-13)19-18(15(3)22-24-19)20(23)21-14(2)16-7-5-4-6-8-16/h4-12,14H,1-3H3,(H,21,23)/t14-/m0/s1. The summed E-state index contributed by atoms with van der Waals surface area (Å²) in [6, 6.07) is 17.6. The summed E-state index contributed by atoms with van der Waals surface area (Å²) < 4.78 is 5.42. The van der Waals surface area contributed by atoms with Crippen LogP contribution in [0.3, 0.4) is 0 Å². The zero-order valence-electron chi connectivity index (χ0n) is 14.0. The van der Waals surface area contributed by atoms with Crippen LogP contribution >= 0.6 is 0 Å². The summed E-state index contributed by atoms with van der Waals surface area (Å²) in [4.78, 5) is 12.8. The highest BCUT2D eigenvalue weighted by molar-refractivity contribution is 6.00. The minimum atomic E-state index is -0.180. The van der Waals surface area contributed by atoms with Crippen molar-refractivity contribution in [1.82, 2.24) is 10.5 Å². The smallest absolute Gasteiger partial charge is 0.257 e. The van der Waals surface area contributed by atoms with Crippen molar-refractivity contribution < 1.29 is 9.32 Å². The minimum Gasteiger partial charge on any atom is -0.355 e. The molecule has 2 aromatic carbocycles. The maximum Gasteiger partial charge on any atom is 0.257 e. The molecule has 0 fully saturated rings. The first-order chi connectivity index (χ1) is 11.6. The average molecular weight is 320 g/mol. The molecule has 4 nitrogen and oxygen atoms in total. The van der Waals surface area contributed by atoms with E-state index in [-0.39, 0.29) is 11.9 Å². The van der Waals surface area contributed by atoms with Crippen molar-refractivity contribution in [3.63, 3.8) is 0 Å². The summed E-state index contributed by atoms with van der Waals surface area (Å²) in [7, 11) is 0. The predicted molar refractivity (Wildman–Crippen MR) is 93.7 cm³/mol. The van der Waals surface area contributed by atoms with Gasteiger partial charge in [0.15, 0.2) is 5.76 Å². The van der Waals surface area contributed by atoms with E-state index in [1.807, 2.05) is 68.4 Å². The monoisotopic (exact) mass is 320 g/mol. The summed E-state index contributed by atoms with van der Waals surface area (Å²) in [6.07, 6.45) is 0. The number of hydrogen-bond donors (Lipinski definition) is 1. The molecule has 0 radical (unpaired) electrons. The molecule has 0 spiro atoms. The van der Waals surface area contributed by atoms with Gasteiger partial charge in [0.2, 0.25) is 0 Å². The van der Waals surface area contributed by atoms with Gasteiger partial charge in [0.25, 0.3) is 5.91 Å². The van der Waals surface area contributed by atoms with E-state index in [9.17, 15) is 4.79 Å². The van der Waals surface area contributed by atoms with Gasteiger partial charge in [-0.15, -0.1) is 0 Å². The molecule has 1 N–H and O–H groups in total. The lowest BCUT2D eigenvalue weighted by Gasteiger charge is -2.14. The maximum absolute atomic E-state index is 12.8. The van der Waals surface area contributed by atoms with Gasteiger partial charge in [-0.1, -0.05) is 65.3 Å². The third-order valence-corrected chi connectivity index (χ3v) is 4.05. The molecule has 3 rings (SSSR count). The van der Waals surface area contributed by atoms with Crippen LogP contribution in [0.25, 0.3) is 11.3 Å². The molecule has 1 amide bonds. The van der Waals surface area contributed by atoms with Gasteiger partial charge in [-0.3, -0.25) is 4.79 Å². The molecule has 24 heavy (non-hydrogen) atoms. The SMILES string of the molecule is Cc1ccc(-c2onc(C)c2C(=O)N[C@@H](C)c2ccccc2)cc1. The Kier molecular flexibility index (Phi) is 4.47. The van der Waals surface area contributed by atoms with Gasteiger partial charge in [-0.25, -0.2) is 0 Å². The van der Waals surface area contributed by atoms with Crippen LogP contribution in [-0.4, -0.2) is 11.1 Å². The molecular weight excluding hydrogens is 300 g/mol. The number of nitrogens with zero attached hydrogens (tertiary/aromatic N) is 1. The number of carbonyl (C=O) groups is 1. The van der Waals surface area contributed by atoms with Gasteiger partial charge in [-0.2, -0.15) is 0 Å². The van der Waals surface area contributed by atoms with Gasteiger partial charge in [0, 0.05) is 5.56 Å². The Bertz CT molecular complexity index is 836. The fourth-order valence-electron chi connectivity index (χ4n) is 2.63. The molecule has 4 heteroatoms. The molecule has 0 saturated carbocycles. The lowest BCUT2D eigenvalue weighted by atomic mass is 10.0. The number of rotatable bonds is 4. The lowest BCUT2D eigenvalue weighted by molar-refractivity contribution is 0.0939. The first kappa shape index (κ1) is 16.0. The van der Waals surface area contributed by atoms with Crippen LogP contribution in [0, 0.1) is 13.8 Å². The van der Waals surface area contributed by atoms with E-state index in [1.54, 1.807) is 6.92 Å². The Labute approximate surface area is 141 Å². The Morgan fingerprint density at radius 3 is 2.38 bits per heavy atom. The lowest BCUT2D eigenvalue weighted by Crippen LogP contribution is -2.27. The molecule has 0 aliphatic heterocycles. The highest BCUT2D eigenvalue weighted by atomic mass is 16.5. The van der Waals surface area contributed by atoms with Crippen molar-refractivity contribution in [2.45, 2.75) is 26.8 Å². The molecule has 0 unspecified atom stereocenters. The summed E-state index contributed by atoms with van der Waals surface area (Å²) in [5.41, 5.74) is 4.12. The van der Waals surface area contributed by atoms with Crippen LogP contribution < -0.4 is 5.32 Å². The summed E-state index contributed by atoms with van der Waals surface area (Å²) >= 11 is 0. The second-order valence-electron chi connectivity index (χ2n) is 5.94. The highest BCUT2D eigenvalue weighted by Gasteiger charge is 2.23. The number of hydrogen-bond acceptors (Lipinski definition) is 3. The summed E-state index contributed by atoms with van der Waals surface area (Å²) in [5, 5.41) is 7.00. The molecule has 3 aromatic rings. The normalized spacial score (nSPS) is 12.0. The molecule has 122 valence electrons. The molecule has 0 aliphatic rings. The zero-order valence-corrected chi connectivity index (χ0v) is 14.0. The van der Waals surface area contributed by atoms with Crippen LogP contribution in [0.4, 0.5) is 0 Å². The van der Waals surface area contributed by atoms with Crippen LogP contribution in [0.15, 0.2) is 59.1 Å². The number of aromatic nitrogens is 1. The van der Waals surface area contributed by atoms with E-state index < -0.39 is 0 Å². The zero-order chi connectivity index (χ0) is 17.1. The minimum absolute atomic E-state index is 0.0983. The fraction of sp³-hybridized carbons (Fsp3) is 0.200. The number of nitrogens with one attached hydrogen (secondary N) is 1. The fourth-order valence-corrected chi connectivity index (χ4v) is 2.63. The molecule has 1 atom stereocenters. The van der Waals surface area contributed by atoms with Gasteiger partial charge in [-0.05, 0) is 26.3 Å². The van der Waals surface area contributed by atoms with Crippen LogP contribution in [0.1, 0.15) is 40.1 Å². The quantitative estimate of drug-likeness (QED) is 0.772. The van der Waals surface area contributed by atoms with E-state index in [0.717, 1.165) is 16.7 Å². The van der Waals surface area contributed by atoms with E-state index in [4.69, 9.17) is 4.52 Å². The van der Waals surface area contributed by atoms with Crippen molar-refractivity contribution in [1.29, 1.82) is 0 Å². The van der Waals surface area contributed by atoms with E-state index >= 15 is 0 Å². The topological polar surface area (TPSA) is 55.1 Å². The molecule has 0 bridgehead atoms. The van der Waals surface area contributed by atoms with Gasteiger partial charge in [0.05, 0.1) is 11.7 Å². The van der Waals surface area contributed by atoms with Crippen LogP contribution in [-0.2, 0) is 0 Å². The maximum atomic E-state index is 12.8. The number of benzene rings is 2. The molecule has 0 aliphatic carbocycles. The predicted octanol–water partition coefficient (Wildman–Crippen LogP) is 4.45. The second kappa shape index (κ2) is 6.71. The van der Waals surface area contributed by atoms with E-state index in [0.29, 0.717) is 17.0 Å². The summed E-state index contributed by atoms with van der Waals surface area (Å²) in [6.45, 7) is 5.76. The average Bonchev–Trinajstić information content (AvgIpc) is 2.98. The van der Waals surface area contributed by atoms with Crippen molar-refractivity contribution in [3.05, 3.63) is 77.0 Å². The van der Waals surface area contributed by atoms with Gasteiger partial charge < -0.3 is 9.84 Å².